The molecule has 3 rings (SSSR count). The fourth-order valence-electron chi connectivity index (χ4n) is 2.57. The van der Waals surface area contributed by atoms with Crippen molar-refractivity contribution in [1.29, 1.82) is 0 Å². The van der Waals surface area contributed by atoms with E-state index in [2.05, 4.69) is 4.72 Å². The van der Waals surface area contributed by atoms with Gasteiger partial charge < -0.3 is 5.73 Å². The van der Waals surface area contributed by atoms with E-state index in [4.69, 9.17) is 17.3 Å². The summed E-state index contributed by atoms with van der Waals surface area (Å²) >= 11 is 6.14. The van der Waals surface area contributed by atoms with Crippen LogP contribution in [0, 0.1) is 5.92 Å². The third kappa shape index (κ3) is 3.39. The first kappa shape index (κ1) is 17.5. The van der Waals surface area contributed by atoms with Crippen molar-refractivity contribution in [2.75, 3.05) is 6.54 Å². The molecule has 0 bridgehead atoms. The van der Waals surface area contributed by atoms with Crippen LogP contribution in [-0.2, 0) is 10.0 Å². The van der Waals surface area contributed by atoms with Crippen LogP contribution in [0.3, 0.4) is 0 Å². The van der Waals surface area contributed by atoms with E-state index >= 15 is 0 Å². The molecule has 1 saturated carbocycles. The second-order valence-electron chi connectivity index (χ2n) is 5.39. The summed E-state index contributed by atoms with van der Waals surface area (Å²) in [7, 11) is -3.61. The van der Waals surface area contributed by atoms with Crippen LogP contribution in [0.5, 0.6) is 0 Å². The van der Waals surface area contributed by atoms with Crippen LogP contribution >= 0.6 is 24.0 Å². The van der Waals surface area contributed by atoms with Crippen LogP contribution < -0.4 is 10.5 Å². The van der Waals surface area contributed by atoms with E-state index < -0.39 is 10.0 Å². The highest BCUT2D eigenvalue weighted by atomic mass is 35.5. The average molecular weight is 361 g/mol. The molecule has 0 aliphatic heterocycles. The van der Waals surface area contributed by atoms with Gasteiger partial charge in [0.15, 0.2) is 0 Å². The molecule has 1 fully saturated rings. The Bertz CT molecular complexity index is 776. The molecule has 0 radical (unpaired) electrons. The number of sulfonamides is 1. The van der Waals surface area contributed by atoms with Crippen LogP contribution in [0.4, 0.5) is 0 Å². The molecule has 120 valence electrons. The first-order valence-corrected chi connectivity index (χ1v) is 8.78. The Labute approximate surface area is 141 Å². The number of hydrogen-bond donors (Lipinski definition) is 2. The second-order valence-corrected chi connectivity index (χ2v) is 7.48. The van der Waals surface area contributed by atoms with Crippen LogP contribution in [0.15, 0.2) is 41.3 Å². The molecule has 1 atom stereocenters. The highest BCUT2D eigenvalue weighted by Crippen LogP contribution is 2.34. The minimum Gasteiger partial charge on any atom is -0.329 e. The first-order valence-electron chi connectivity index (χ1n) is 6.92. The topological polar surface area (TPSA) is 72.2 Å². The molecule has 2 aromatic rings. The summed E-state index contributed by atoms with van der Waals surface area (Å²) in [6, 6.07) is 10.2. The largest absolute Gasteiger partial charge is 0.329 e. The lowest BCUT2D eigenvalue weighted by atomic mass is 10.1. The molecule has 1 unspecified atom stereocenters. The van der Waals surface area contributed by atoms with Crippen molar-refractivity contribution in [1.82, 2.24) is 4.72 Å². The summed E-state index contributed by atoms with van der Waals surface area (Å²) in [6.45, 7) is 0.315. The fraction of sp³-hybridized carbons (Fsp3) is 0.333. The van der Waals surface area contributed by atoms with Gasteiger partial charge in [0.2, 0.25) is 10.0 Å². The molecular weight excluding hydrogens is 343 g/mol. The van der Waals surface area contributed by atoms with Crippen LogP contribution in [0.2, 0.25) is 5.02 Å². The normalized spacial score (nSPS) is 16.3. The Morgan fingerprint density at radius 3 is 2.41 bits per heavy atom. The summed E-state index contributed by atoms with van der Waals surface area (Å²) in [4.78, 5) is 0.251. The Hall–Kier alpha value is -0.850. The molecule has 0 saturated heterocycles. The van der Waals surface area contributed by atoms with E-state index in [1.807, 2.05) is 12.1 Å². The van der Waals surface area contributed by atoms with E-state index in [1.54, 1.807) is 24.3 Å². The highest BCUT2D eigenvalue weighted by Gasteiger charge is 2.33. The van der Waals surface area contributed by atoms with E-state index in [1.165, 1.54) is 0 Å². The van der Waals surface area contributed by atoms with Crippen LogP contribution in [0.1, 0.15) is 12.8 Å². The van der Waals surface area contributed by atoms with Gasteiger partial charge in [0.25, 0.3) is 0 Å². The summed E-state index contributed by atoms with van der Waals surface area (Å²) in [6.07, 6.45) is 2.07. The zero-order valence-corrected chi connectivity index (χ0v) is 14.2. The third-order valence-corrected chi connectivity index (χ3v) is 5.75. The molecule has 2 aromatic carbocycles. The Balaban J connectivity index is 0.00000176. The average Bonchev–Trinajstić information content (AvgIpc) is 3.30. The van der Waals surface area contributed by atoms with E-state index in [-0.39, 0.29) is 23.3 Å². The number of fused-ring (bicyclic) bond motifs is 1. The minimum absolute atomic E-state index is 0. The maximum Gasteiger partial charge on any atom is 0.241 e. The van der Waals surface area contributed by atoms with Gasteiger partial charge in [-0.15, -0.1) is 12.4 Å². The summed E-state index contributed by atoms with van der Waals surface area (Å²) in [5.41, 5.74) is 5.69. The van der Waals surface area contributed by atoms with Gasteiger partial charge in [0.1, 0.15) is 0 Å². The van der Waals surface area contributed by atoms with Crippen molar-refractivity contribution in [2.45, 2.75) is 23.8 Å². The first-order chi connectivity index (χ1) is 10.0. The zero-order valence-electron chi connectivity index (χ0n) is 11.8. The van der Waals surface area contributed by atoms with Gasteiger partial charge in [-0.1, -0.05) is 35.9 Å². The molecule has 4 nitrogen and oxygen atoms in total. The van der Waals surface area contributed by atoms with E-state index in [9.17, 15) is 8.42 Å². The molecule has 1 aliphatic carbocycles. The van der Waals surface area contributed by atoms with E-state index in [0.29, 0.717) is 22.9 Å². The minimum atomic E-state index is -3.61. The van der Waals surface area contributed by atoms with Gasteiger partial charge in [-0.2, -0.15) is 0 Å². The second kappa shape index (κ2) is 6.72. The van der Waals surface area contributed by atoms with Crippen LogP contribution in [-0.4, -0.2) is 21.0 Å². The van der Waals surface area contributed by atoms with Gasteiger partial charge in [-0.3, -0.25) is 0 Å². The van der Waals surface area contributed by atoms with Crippen molar-refractivity contribution in [2.24, 2.45) is 11.7 Å². The lowest BCUT2D eigenvalue weighted by Crippen LogP contribution is -2.41. The molecule has 7 heteroatoms. The maximum absolute atomic E-state index is 12.6. The molecular formula is C15H18Cl2N2O2S. The number of nitrogens with two attached hydrogens (primary N) is 1. The monoisotopic (exact) mass is 360 g/mol. The number of nitrogens with one attached hydrogen (secondary N) is 1. The van der Waals surface area contributed by atoms with Gasteiger partial charge in [-0.05, 0) is 30.9 Å². The van der Waals surface area contributed by atoms with Crippen LogP contribution in [0.25, 0.3) is 10.8 Å². The zero-order chi connectivity index (χ0) is 15.0. The SMILES string of the molecule is Cl.NCC(NS(=O)(=O)c1ccc(Cl)c2ccccc12)C1CC1. The smallest absolute Gasteiger partial charge is 0.241 e. The van der Waals surface area contributed by atoms with Crippen molar-refractivity contribution in [3.63, 3.8) is 0 Å². The maximum atomic E-state index is 12.6. The van der Waals surface area contributed by atoms with E-state index in [0.717, 1.165) is 18.2 Å². The number of rotatable bonds is 5. The lowest BCUT2D eigenvalue weighted by molar-refractivity contribution is 0.520. The Kier molecular flexibility index (Phi) is 5.35. The molecule has 0 aromatic heterocycles. The van der Waals surface area contributed by atoms with Gasteiger partial charge in [-0.25, -0.2) is 13.1 Å². The Morgan fingerprint density at radius 2 is 1.82 bits per heavy atom. The van der Waals surface area contributed by atoms with Crippen molar-refractivity contribution >= 4 is 44.8 Å². The standard InChI is InChI=1S/C15H17ClN2O2S.ClH/c16-13-7-8-15(12-4-2-1-3-11(12)13)21(19,20)18-14(9-17)10-5-6-10;/h1-4,7-8,10,14,18H,5-6,9,17H2;1H. The quantitative estimate of drug-likeness (QED) is 0.860. The lowest BCUT2D eigenvalue weighted by Gasteiger charge is -2.17. The van der Waals surface area contributed by atoms with Gasteiger partial charge in [0, 0.05) is 28.4 Å². The molecule has 3 N–H and O–H groups in total. The highest BCUT2D eigenvalue weighted by molar-refractivity contribution is 7.89. The summed E-state index contributed by atoms with van der Waals surface area (Å²) in [5.74, 6) is 0.364. The predicted octanol–water partition coefficient (Wildman–Crippen LogP) is 2.93. The Morgan fingerprint density at radius 1 is 1.18 bits per heavy atom. The van der Waals surface area contributed by atoms with Crippen molar-refractivity contribution in [3.8, 4) is 0 Å². The van der Waals surface area contributed by atoms with Crippen molar-refractivity contribution < 1.29 is 8.42 Å². The number of hydrogen-bond acceptors (Lipinski definition) is 3. The third-order valence-electron chi connectivity index (χ3n) is 3.87. The molecule has 0 amide bonds. The van der Waals surface area contributed by atoms with Gasteiger partial charge in [0.05, 0.1) is 4.90 Å². The summed E-state index contributed by atoms with van der Waals surface area (Å²) < 4.78 is 28.0. The molecule has 0 spiro atoms. The summed E-state index contributed by atoms with van der Waals surface area (Å²) in [5, 5.41) is 1.91. The molecule has 0 heterocycles. The van der Waals surface area contributed by atoms with Gasteiger partial charge >= 0.3 is 0 Å². The number of benzene rings is 2. The fourth-order valence-corrected chi connectivity index (χ4v) is 4.32. The molecule has 1 aliphatic rings. The molecule has 22 heavy (non-hydrogen) atoms. The van der Waals surface area contributed by atoms with Crippen molar-refractivity contribution in [3.05, 3.63) is 41.4 Å². The number of halogens is 2. The predicted molar refractivity (Wildman–Crippen MR) is 92.1 cm³/mol.